The molecule has 1 aromatic carbocycles. The van der Waals surface area contributed by atoms with Crippen LogP contribution in [0.4, 0.5) is 0 Å². The quantitative estimate of drug-likeness (QED) is 0.764. The number of nitrogens with one attached hydrogen (secondary N) is 1. The van der Waals surface area contributed by atoms with Crippen LogP contribution >= 0.6 is 0 Å². The number of amides is 1. The molecule has 28 heavy (non-hydrogen) atoms. The Kier molecular flexibility index (Phi) is 4.47. The van der Waals surface area contributed by atoms with Crippen LogP contribution in [0.1, 0.15) is 36.6 Å². The van der Waals surface area contributed by atoms with Gasteiger partial charge in [0.15, 0.2) is 0 Å². The summed E-state index contributed by atoms with van der Waals surface area (Å²) < 4.78 is 2.28. The van der Waals surface area contributed by atoms with E-state index in [0.717, 1.165) is 56.7 Å². The molecule has 3 aromatic rings. The van der Waals surface area contributed by atoms with Crippen molar-refractivity contribution < 1.29 is 4.79 Å². The van der Waals surface area contributed by atoms with E-state index >= 15 is 0 Å². The van der Waals surface area contributed by atoms with Crippen LogP contribution in [-0.2, 0) is 17.8 Å². The molecule has 1 saturated heterocycles. The van der Waals surface area contributed by atoms with E-state index in [1.54, 1.807) is 0 Å². The number of carbonyl (C=O) groups is 1. The highest BCUT2D eigenvalue weighted by Crippen LogP contribution is 2.31. The van der Waals surface area contributed by atoms with E-state index in [0.29, 0.717) is 11.8 Å². The molecule has 1 amide bonds. The minimum absolute atomic E-state index is 0.0801. The molecule has 0 spiro atoms. The van der Waals surface area contributed by atoms with E-state index < -0.39 is 0 Å². The predicted molar refractivity (Wildman–Crippen MR) is 107 cm³/mol. The molecule has 2 aliphatic heterocycles. The van der Waals surface area contributed by atoms with Gasteiger partial charge in [-0.15, -0.1) is 0 Å². The standard InChI is InChI=1S/C22H25N5O/c28-22(26-11-7-16(8-12-26)20-6-10-24-25-20)18-9-13-27-19(14-18)15-23-21(27)17-4-2-1-3-5-17/h1-6,10,15-16,18H,7-9,11-14H2,(H,24,25)/t18-/m0/s1. The highest BCUT2D eigenvalue weighted by Gasteiger charge is 2.32. The number of nitrogens with zero attached hydrogens (tertiary/aromatic N) is 4. The van der Waals surface area contributed by atoms with Gasteiger partial charge in [0, 0.05) is 67.2 Å². The maximum Gasteiger partial charge on any atom is 0.226 e. The lowest BCUT2D eigenvalue weighted by atomic mass is 9.90. The second-order valence-corrected chi connectivity index (χ2v) is 7.89. The van der Waals surface area contributed by atoms with E-state index in [1.807, 2.05) is 30.6 Å². The average molecular weight is 375 g/mol. The minimum Gasteiger partial charge on any atom is -0.342 e. The maximum atomic E-state index is 13.1. The fourth-order valence-electron chi connectivity index (χ4n) is 4.65. The summed E-state index contributed by atoms with van der Waals surface area (Å²) in [6.07, 6.45) is 7.46. The van der Waals surface area contributed by atoms with Crippen LogP contribution in [0.3, 0.4) is 0 Å². The first kappa shape index (κ1) is 17.2. The van der Waals surface area contributed by atoms with Crippen molar-refractivity contribution in [3.8, 4) is 11.4 Å². The third kappa shape index (κ3) is 3.13. The minimum atomic E-state index is 0.0801. The van der Waals surface area contributed by atoms with Crippen molar-refractivity contribution in [3.05, 3.63) is 60.2 Å². The lowest BCUT2D eigenvalue weighted by Gasteiger charge is -2.35. The third-order valence-electron chi connectivity index (χ3n) is 6.24. The third-order valence-corrected chi connectivity index (χ3v) is 6.24. The first-order valence-electron chi connectivity index (χ1n) is 10.2. The maximum absolute atomic E-state index is 13.1. The van der Waals surface area contributed by atoms with Gasteiger partial charge in [-0.3, -0.25) is 9.89 Å². The second-order valence-electron chi connectivity index (χ2n) is 7.89. The molecular weight excluding hydrogens is 350 g/mol. The molecule has 2 aliphatic rings. The lowest BCUT2D eigenvalue weighted by molar-refractivity contribution is -0.137. The van der Waals surface area contributed by atoms with Crippen LogP contribution in [-0.4, -0.2) is 43.6 Å². The molecule has 4 heterocycles. The molecule has 1 atom stereocenters. The summed E-state index contributed by atoms with van der Waals surface area (Å²) in [5.74, 6) is 1.91. The van der Waals surface area contributed by atoms with Crippen LogP contribution in [0.5, 0.6) is 0 Å². The number of hydrogen-bond acceptors (Lipinski definition) is 3. The molecule has 0 aliphatic carbocycles. The summed E-state index contributed by atoms with van der Waals surface area (Å²) in [5, 5.41) is 7.13. The molecule has 6 nitrogen and oxygen atoms in total. The van der Waals surface area contributed by atoms with Gasteiger partial charge in [-0.1, -0.05) is 30.3 Å². The van der Waals surface area contributed by atoms with Crippen LogP contribution < -0.4 is 0 Å². The normalized spacial score (nSPS) is 20.1. The fraction of sp³-hybridized carbons (Fsp3) is 0.409. The number of piperidine rings is 1. The Morgan fingerprint density at radius 1 is 1.04 bits per heavy atom. The Balaban J connectivity index is 1.24. The summed E-state index contributed by atoms with van der Waals surface area (Å²) in [6.45, 7) is 2.54. The summed E-state index contributed by atoms with van der Waals surface area (Å²) in [5.41, 5.74) is 3.51. The Labute approximate surface area is 164 Å². The monoisotopic (exact) mass is 375 g/mol. The van der Waals surface area contributed by atoms with Gasteiger partial charge < -0.3 is 9.47 Å². The Bertz CT molecular complexity index is 939. The molecule has 144 valence electrons. The van der Waals surface area contributed by atoms with Gasteiger partial charge in [-0.05, 0) is 25.3 Å². The van der Waals surface area contributed by atoms with Crippen molar-refractivity contribution >= 4 is 5.91 Å². The van der Waals surface area contributed by atoms with Gasteiger partial charge in [-0.2, -0.15) is 5.10 Å². The molecule has 0 unspecified atom stereocenters. The average Bonchev–Trinajstić information content (AvgIpc) is 3.44. The number of aromatic amines is 1. The molecule has 2 aromatic heterocycles. The van der Waals surface area contributed by atoms with Crippen LogP contribution in [0, 0.1) is 5.92 Å². The van der Waals surface area contributed by atoms with Crippen molar-refractivity contribution in [2.24, 2.45) is 5.92 Å². The summed E-state index contributed by atoms with van der Waals surface area (Å²) >= 11 is 0. The number of hydrogen-bond donors (Lipinski definition) is 1. The smallest absolute Gasteiger partial charge is 0.226 e. The molecule has 0 bridgehead atoms. The number of rotatable bonds is 3. The fourth-order valence-corrected chi connectivity index (χ4v) is 4.65. The Morgan fingerprint density at radius 3 is 2.61 bits per heavy atom. The number of benzene rings is 1. The second kappa shape index (κ2) is 7.26. The van der Waals surface area contributed by atoms with Crippen molar-refractivity contribution in [1.29, 1.82) is 0 Å². The summed E-state index contributed by atoms with van der Waals surface area (Å²) in [4.78, 5) is 19.8. The van der Waals surface area contributed by atoms with Gasteiger partial charge >= 0.3 is 0 Å². The van der Waals surface area contributed by atoms with E-state index in [1.165, 1.54) is 11.4 Å². The number of fused-ring (bicyclic) bond motifs is 1. The predicted octanol–water partition coefficient (Wildman–Crippen LogP) is 3.24. The van der Waals surface area contributed by atoms with E-state index in [-0.39, 0.29) is 5.92 Å². The number of aromatic nitrogens is 4. The number of imidazole rings is 1. The van der Waals surface area contributed by atoms with E-state index in [2.05, 4.69) is 42.8 Å². The van der Waals surface area contributed by atoms with Gasteiger partial charge in [0.1, 0.15) is 5.82 Å². The van der Waals surface area contributed by atoms with Crippen LogP contribution in [0.25, 0.3) is 11.4 Å². The summed E-state index contributed by atoms with van der Waals surface area (Å²) in [7, 11) is 0. The van der Waals surface area contributed by atoms with Gasteiger partial charge in [0.25, 0.3) is 0 Å². The zero-order chi connectivity index (χ0) is 18.9. The van der Waals surface area contributed by atoms with Crippen molar-refractivity contribution in [3.63, 3.8) is 0 Å². The van der Waals surface area contributed by atoms with E-state index in [9.17, 15) is 4.79 Å². The Morgan fingerprint density at radius 2 is 1.86 bits per heavy atom. The lowest BCUT2D eigenvalue weighted by Crippen LogP contribution is -2.43. The van der Waals surface area contributed by atoms with Crippen molar-refractivity contribution in [1.82, 2.24) is 24.6 Å². The van der Waals surface area contributed by atoms with Crippen molar-refractivity contribution in [2.75, 3.05) is 13.1 Å². The zero-order valence-corrected chi connectivity index (χ0v) is 15.9. The van der Waals surface area contributed by atoms with Gasteiger partial charge in [-0.25, -0.2) is 4.98 Å². The number of carbonyl (C=O) groups excluding carboxylic acids is 1. The molecule has 0 radical (unpaired) electrons. The number of H-pyrrole nitrogens is 1. The molecule has 1 fully saturated rings. The largest absolute Gasteiger partial charge is 0.342 e. The molecule has 0 saturated carbocycles. The zero-order valence-electron chi connectivity index (χ0n) is 15.9. The SMILES string of the molecule is O=C([C@H]1CCn2c(cnc2-c2ccccc2)C1)N1CCC(c2ccn[nH]2)CC1. The van der Waals surface area contributed by atoms with Gasteiger partial charge in [0.2, 0.25) is 5.91 Å². The summed E-state index contributed by atoms with van der Waals surface area (Å²) in [6, 6.07) is 12.3. The first-order valence-corrected chi connectivity index (χ1v) is 10.2. The Hall–Kier alpha value is -2.89. The van der Waals surface area contributed by atoms with Crippen molar-refractivity contribution in [2.45, 2.75) is 38.1 Å². The molecule has 5 rings (SSSR count). The molecule has 6 heteroatoms. The van der Waals surface area contributed by atoms with Crippen LogP contribution in [0.15, 0.2) is 48.8 Å². The molecule has 1 N–H and O–H groups in total. The van der Waals surface area contributed by atoms with E-state index in [4.69, 9.17) is 0 Å². The first-order chi connectivity index (χ1) is 13.8. The number of likely N-dealkylation sites (tertiary alicyclic amines) is 1. The highest BCUT2D eigenvalue weighted by molar-refractivity contribution is 5.79. The van der Waals surface area contributed by atoms with Crippen LogP contribution in [0.2, 0.25) is 0 Å². The molecular formula is C22H25N5O. The topological polar surface area (TPSA) is 66.8 Å². The highest BCUT2D eigenvalue weighted by atomic mass is 16.2. The van der Waals surface area contributed by atoms with Gasteiger partial charge in [0.05, 0.1) is 0 Å².